The van der Waals surface area contributed by atoms with E-state index >= 15 is 0 Å². The first kappa shape index (κ1) is 8.20. The van der Waals surface area contributed by atoms with Gasteiger partial charge in [0.25, 0.3) is 0 Å². The molecule has 1 heterocycles. The molecule has 0 aliphatic carbocycles. The van der Waals surface area contributed by atoms with Crippen LogP contribution in [0.25, 0.3) is 0 Å². The fourth-order valence-electron chi connectivity index (χ4n) is 1.11. The summed E-state index contributed by atoms with van der Waals surface area (Å²) in [4.78, 5) is 10.5. The minimum absolute atomic E-state index is 0.396. The Morgan fingerprint density at radius 2 is 2.55 bits per heavy atom. The van der Waals surface area contributed by atoms with Gasteiger partial charge in [0.1, 0.15) is 5.60 Å². The Kier molecular flexibility index (Phi) is 2.24. The van der Waals surface area contributed by atoms with Gasteiger partial charge in [0.2, 0.25) is 0 Å². The molecule has 1 atom stereocenters. The molecule has 0 spiro atoms. The second-order valence-electron chi connectivity index (χ2n) is 2.87. The van der Waals surface area contributed by atoms with E-state index in [2.05, 4.69) is 5.16 Å². The van der Waals surface area contributed by atoms with E-state index in [4.69, 9.17) is 9.94 Å². The van der Waals surface area contributed by atoms with Crippen molar-refractivity contribution in [3.8, 4) is 0 Å². The van der Waals surface area contributed by atoms with Crippen molar-refractivity contribution >= 4 is 12.0 Å². The van der Waals surface area contributed by atoms with Gasteiger partial charge in [-0.1, -0.05) is 5.16 Å². The van der Waals surface area contributed by atoms with E-state index in [-0.39, 0.29) is 0 Å². The number of hydrogen-bond acceptors (Lipinski definition) is 4. The van der Waals surface area contributed by atoms with Gasteiger partial charge in [-0.2, -0.15) is 0 Å². The third-order valence-corrected chi connectivity index (χ3v) is 1.77. The molecule has 0 aromatic rings. The molecule has 0 bridgehead atoms. The van der Waals surface area contributed by atoms with E-state index < -0.39 is 5.60 Å². The molecule has 0 saturated carbocycles. The minimum Gasteiger partial charge on any atom is -0.411 e. The van der Waals surface area contributed by atoms with Gasteiger partial charge in [0.05, 0.1) is 12.3 Å². The van der Waals surface area contributed by atoms with Crippen molar-refractivity contribution in [1.82, 2.24) is 0 Å². The molecule has 0 radical (unpaired) electrons. The molecule has 4 heteroatoms. The predicted molar refractivity (Wildman–Crippen MR) is 38.9 cm³/mol. The summed E-state index contributed by atoms with van der Waals surface area (Å²) in [6.07, 6.45) is 1.75. The Bertz CT molecular complexity index is 190. The Morgan fingerprint density at radius 3 is 3.09 bits per heavy atom. The summed E-state index contributed by atoms with van der Waals surface area (Å²) in [5, 5.41) is 11.5. The quantitative estimate of drug-likeness (QED) is 0.344. The third-order valence-electron chi connectivity index (χ3n) is 1.77. The highest BCUT2D eigenvalue weighted by Crippen LogP contribution is 2.20. The van der Waals surface area contributed by atoms with E-state index in [0.29, 0.717) is 25.2 Å². The van der Waals surface area contributed by atoms with Crippen LogP contribution < -0.4 is 0 Å². The highest BCUT2D eigenvalue weighted by atomic mass is 16.5. The fraction of sp³-hybridized carbons (Fsp3) is 0.714. The molecule has 1 rings (SSSR count). The Balaban J connectivity index is 2.66. The Morgan fingerprint density at radius 1 is 1.82 bits per heavy atom. The summed E-state index contributed by atoms with van der Waals surface area (Å²) >= 11 is 0. The van der Waals surface area contributed by atoms with Crippen LogP contribution in [0.2, 0.25) is 0 Å². The normalized spacial score (nSPS) is 35.5. The molecule has 1 N–H and O–H groups in total. The van der Waals surface area contributed by atoms with Gasteiger partial charge in [-0.15, -0.1) is 0 Å². The first-order chi connectivity index (χ1) is 5.20. The van der Waals surface area contributed by atoms with E-state index in [9.17, 15) is 4.79 Å². The molecule has 0 aromatic carbocycles. The summed E-state index contributed by atoms with van der Waals surface area (Å²) in [7, 11) is 0. The molecule has 4 nitrogen and oxygen atoms in total. The number of oxime groups is 1. The number of hydrogen-bond donors (Lipinski definition) is 1. The smallest absolute Gasteiger partial charge is 0.151 e. The average molecular weight is 157 g/mol. The summed E-state index contributed by atoms with van der Waals surface area (Å²) < 4.78 is 5.19. The van der Waals surface area contributed by atoms with Crippen molar-refractivity contribution in [3.63, 3.8) is 0 Å². The van der Waals surface area contributed by atoms with E-state index in [1.165, 1.54) is 0 Å². The topological polar surface area (TPSA) is 58.9 Å². The zero-order valence-corrected chi connectivity index (χ0v) is 6.41. The predicted octanol–water partition coefficient (Wildman–Crippen LogP) is 0.585. The van der Waals surface area contributed by atoms with Gasteiger partial charge in [0, 0.05) is 12.8 Å². The number of aldehydes is 1. The second-order valence-corrected chi connectivity index (χ2v) is 2.87. The molecule has 62 valence electrons. The maximum atomic E-state index is 10.5. The lowest BCUT2D eigenvalue weighted by molar-refractivity contribution is -0.129. The van der Waals surface area contributed by atoms with Crippen LogP contribution in [0, 0.1) is 0 Å². The number of ether oxygens (including phenoxy) is 1. The van der Waals surface area contributed by atoms with Crippen LogP contribution in [-0.4, -0.2) is 29.4 Å². The minimum atomic E-state index is -0.778. The van der Waals surface area contributed by atoms with Gasteiger partial charge in [-0.25, -0.2) is 0 Å². The van der Waals surface area contributed by atoms with Gasteiger partial charge >= 0.3 is 0 Å². The van der Waals surface area contributed by atoms with E-state index in [1.54, 1.807) is 6.92 Å². The highest BCUT2D eigenvalue weighted by Gasteiger charge is 2.30. The van der Waals surface area contributed by atoms with Crippen molar-refractivity contribution in [1.29, 1.82) is 0 Å². The molecule has 1 fully saturated rings. The highest BCUT2D eigenvalue weighted by molar-refractivity contribution is 5.88. The lowest BCUT2D eigenvalue weighted by Crippen LogP contribution is -2.38. The average Bonchev–Trinajstić information content (AvgIpc) is 2.05. The number of carbonyl (C=O) groups is 1. The lowest BCUT2D eigenvalue weighted by atomic mass is 9.96. The largest absolute Gasteiger partial charge is 0.411 e. The van der Waals surface area contributed by atoms with E-state index in [1.807, 2.05) is 0 Å². The van der Waals surface area contributed by atoms with Crippen molar-refractivity contribution in [2.45, 2.75) is 25.4 Å². The molecule has 0 aromatic heterocycles. The van der Waals surface area contributed by atoms with Crippen LogP contribution in [0.1, 0.15) is 19.8 Å². The van der Waals surface area contributed by atoms with E-state index in [0.717, 1.165) is 6.29 Å². The molecular formula is C7H11NO3. The number of rotatable bonds is 1. The summed E-state index contributed by atoms with van der Waals surface area (Å²) in [5.41, 5.74) is -0.148. The monoisotopic (exact) mass is 157 g/mol. The molecule has 11 heavy (non-hydrogen) atoms. The maximum Gasteiger partial charge on any atom is 0.151 e. The molecule has 0 unspecified atom stereocenters. The van der Waals surface area contributed by atoms with Crippen LogP contribution >= 0.6 is 0 Å². The van der Waals surface area contributed by atoms with Crippen molar-refractivity contribution in [2.75, 3.05) is 6.61 Å². The van der Waals surface area contributed by atoms with Crippen LogP contribution in [0.5, 0.6) is 0 Å². The SMILES string of the molecule is C[C@@]1(C=O)CC(=NO)CCO1. The Labute approximate surface area is 64.8 Å². The maximum absolute atomic E-state index is 10.5. The van der Waals surface area contributed by atoms with Crippen molar-refractivity contribution in [3.05, 3.63) is 0 Å². The molecular weight excluding hydrogens is 146 g/mol. The number of nitrogens with zero attached hydrogens (tertiary/aromatic N) is 1. The molecule has 0 amide bonds. The van der Waals surface area contributed by atoms with Gasteiger partial charge in [-0.05, 0) is 6.92 Å². The zero-order valence-electron chi connectivity index (χ0n) is 6.41. The van der Waals surface area contributed by atoms with Crippen LogP contribution in [0.3, 0.4) is 0 Å². The van der Waals surface area contributed by atoms with Crippen molar-refractivity contribution in [2.24, 2.45) is 5.16 Å². The standard InChI is InChI=1S/C7H11NO3/c1-7(5-9)4-6(8-10)2-3-11-7/h5,10H,2-4H2,1H3/t7-/m0/s1. The van der Waals surface area contributed by atoms with Gasteiger partial charge < -0.3 is 14.7 Å². The van der Waals surface area contributed by atoms with Gasteiger partial charge in [-0.3, -0.25) is 0 Å². The number of carbonyl (C=O) groups excluding carboxylic acids is 1. The second kappa shape index (κ2) is 3.00. The first-order valence-electron chi connectivity index (χ1n) is 3.50. The Hall–Kier alpha value is -0.900. The molecule has 1 aliphatic rings. The summed E-state index contributed by atoms with van der Waals surface area (Å²) in [6.45, 7) is 2.14. The zero-order chi connectivity index (χ0) is 8.32. The summed E-state index contributed by atoms with van der Waals surface area (Å²) in [6, 6.07) is 0. The van der Waals surface area contributed by atoms with Crippen LogP contribution in [0.4, 0.5) is 0 Å². The lowest BCUT2D eigenvalue weighted by Gasteiger charge is -2.28. The summed E-state index contributed by atoms with van der Waals surface area (Å²) in [5.74, 6) is 0. The third kappa shape index (κ3) is 1.77. The van der Waals surface area contributed by atoms with Crippen molar-refractivity contribution < 1.29 is 14.7 Å². The van der Waals surface area contributed by atoms with Crippen LogP contribution in [0.15, 0.2) is 5.16 Å². The first-order valence-corrected chi connectivity index (χ1v) is 3.50. The van der Waals surface area contributed by atoms with Gasteiger partial charge in [0.15, 0.2) is 6.29 Å². The molecule has 1 saturated heterocycles. The molecule has 1 aliphatic heterocycles. The van der Waals surface area contributed by atoms with Crippen LogP contribution in [-0.2, 0) is 9.53 Å². The fourth-order valence-corrected chi connectivity index (χ4v) is 1.11.